The molecule has 0 atom stereocenters. The van der Waals surface area contributed by atoms with Crippen molar-refractivity contribution in [1.82, 2.24) is 9.80 Å². The van der Waals surface area contributed by atoms with E-state index in [2.05, 4.69) is 23.5 Å². The molecule has 6 heteroatoms. The molecule has 0 aliphatic heterocycles. The predicted molar refractivity (Wildman–Crippen MR) is 97.6 cm³/mol. The molecule has 6 nitrogen and oxygen atoms in total. The van der Waals surface area contributed by atoms with E-state index in [0.717, 1.165) is 26.1 Å². The number of esters is 1. The first-order valence-electron chi connectivity index (χ1n) is 8.85. The molecule has 0 N–H and O–H groups in total. The molecule has 0 aromatic heterocycles. The minimum atomic E-state index is -0.314. The second-order valence-corrected chi connectivity index (χ2v) is 5.69. The van der Waals surface area contributed by atoms with Gasteiger partial charge in [0.25, 0.3) is 5.91 Å². The van der Waals surface area contributed by atoms with Crippen LogP contribution in [0.3, 0.4) is 0 Å². The van der Waals surface area contributed by atoms with E-state index in [4.69, 9.17) is 4.74 Å². The molecule has 0 spiro atoms. The number of amides is 1. The molecule has 1 rings (SSSR count). The number of para-hydroxylation sites is 1. The number of nitrogens with zero attached hydrogens (tertiary/aromatic N) is 2. The van der Waals surface area contributed by atoms with E-state index >= 15 is 0 Å². The Bertz CT molecular complexity index is 503. The fraction of sp³-hybridized carbons (Fsp3) is 0.579. The minimum absolute atomic E-state index is 0.0313. The highest BCUT2D eigenvalue weighted by Gasteiger charge is 2.16. The molecule has 0 fully saturated rings. The normalized spacial score (nSPS) is 10.6. The van der Waals surface area contributed by atoms with Crippen LogP contribution in [0.15, 0.2) is 30.3 Å². The van der Waals surface area contributed by atoms with Crippen LogP contribution in [0, 0.1) is 0 Å². The Morgan fingerprint density at radius 2 is 1.68 bits per heavy atom. The fourth-order valence-corrected chi connectivity index (χ4v) is 2.47. The molecule has 0 bridgehead atoms. The summed E-state index contributed by atoms with van der Waals surface area (Å²) in [5.74, 6) is 0.227. The van der Waals surface area contributed by atoms with Gasteiger partial charge in [-0.05, 0) is 38.2 Å². The van der Waals surface area contributed by atoms with E-state index in [1.807, 2.05) is 30.3 Å². The standard InChI is InChI=1S/C19H30N2O4/c1-4-20(5-2)13-9-14-21(15-12-19(23)24-3)18(22)16-25-17-10-7-6-8-11-17/h6-8,10-11H,4-5,9,12-16H2,1-3H3. The van der Waals surface area contributed by atoms with Crippen LogP contribution < -0.4 is 4.74 Å². The maximum atomic E-state index is 12.5. The van der Waals surface area contributed by atoms with Crippen molar-refractivity contribution in [2.45, 2.75) is 26.7 Å². The van der Waals surface area contributed by atoms with E-state index < -0.39 is 0 Å². The third kappa shape index (κ3) is 8.54. The summed E-state index contributed by atoms with van der Waals surface area (Å²) in [5, 5.41) is 0. The Balaban J connectivity index is 2.52. The second-order valence-electron chi connectivity index (χ2n) is 5.69. The van der Waals surface area contributed by atoms with Crippen LogP contribution in [0.1, 0.15) is 26.7 Å². The summed E-state index contributed by atoms with van der Waals surface area (Å²) in [6, 6.07) is 9.24. The van der Waals surface area contributed by atoms with Crippen molar-refractivity contribution in [1.29, 1.82) is 0 Å². The van der Waals surface area contributed by atoms with Gasteiger partial charge in [-0.3, -0.25) is 9.59 Å². The molecule has 0 saturated carbocycles. The zero-order valence-corrected chi connectivity index (χ0v) is 15.6. The number of carbonyl (C=O) groups is 2. The zero-order valence-electron chi connectivity index (χ0n) is 15.6. The largest absolute Gasteiger partial charge is 0.484 e. The van der Waals surface area contributed by atoms with Crippen LogP contribution in [-0.2, 0) is 14.3 Å². The smallest absolute Gasteiger partial charge is 0.307 e. The second kappa shape index (κ2) is 12.3. The third-order valence-corrected chi connectivity index (χ3v) is 4.07. The van der Waals surface area contributed by atoms with Crippen molar-refractivity contribution in [3.63, 3.8) is 0 Å². The Morgan fingerprint density at radius 1 is 1.00 bits per heavy atom. The summed E-state index contributed by atoms with van der Waals surface area (Å²) >= 11 is 0. The number of methoxy groups -OCH3 is 1. The molecule has 0 saturated heterocycles. The lowest BCUT2D eigenvalue weighted by molar-refractivity contribution is -0.142. The first-order valence-corrected chi connectivity index (χ1v) is 8.85. The highest BCUT2D eigenvalue weighted by Crippen LogP contribution is 2.09. The van der Waals surface area contributed by atoms with E-state index in [1.54, 1.807) is 4.90 Å². The lowest BCUT2D eigenvalue weighted by atomic mass is 10.3. The van der Waals surface area contributed by atoms with Gasteiger partial charge < -0.3 is 19.3 Å². The van der Waals surface area contributed by atoms with Crippen molar-refractivity contribution >= 4 is 11.9 Å². The quantitative estimate of drug-likeness (QED) is 0.541. The van der Waals surface area contributed by atoms with Crippen LogP contribution in [0.25, 0.3) is 0 Å². The highest BCUT2D eigenvalue weighted by atomic mass is 16.5. The topological polar surface area (TPSA) is 59.1 Å². The van der Waals surface area contributed by atoms with E-state index in [0.29, 0.717) is 18.8 Å². The number of ether oxygens (including phenoxy) is 2. The van der Waals surface area contributed by atoms with Crippen molar-refractivity contribution in [2.75, 3.05) is 46.4 Å². The molecule has 0 aliphatic carbocycles. The van der Waals surface area contributed by atoms with Crippen molar-refractivity contribution in [3.05, 3.63) is 30.3 Å². The van der Waals surface area contributed by atoms with E-state index in [9.17, 15) is 9.59 Å². The fourth-order valence-electron chi connectivity index (χ4n) is 2.47. The van der Waals surface area contributed by atoms with Gasteiger partial charge in [0.05, 0.1) is 13.5 Å². The Labute approximate surface area is 150 Å². The van der Waals surface area contributed by atoms with Gasteiger partial charge in [0.1, 0.15) is 5.75 Å². The summed E-state index contributed by atoms with van der Waals surface area (Å²) in [6.07, 6.45) is 1.05. The van der Waals surface area contributed by atoms with Gasteiger partial charge in [-0.2, -0.15) is 0 Å². The molecule has 0 radical (unpaired) electrons. The first-order chi connectivity index (χ1) is 12.1. The molecule has 0 unspecified atom stereocenters. The maximum Gasteiger partial charge on any atom is 0.307 e. The number of benzene rings is 1. The molecule has 140 valence electrons. The molecule has 25 heavy (non-hydrogen) atoms. The first kappa shape index (κ1) is 21.0. The molecular formula is C19H30N2O4. The predicted octanol–water partition coefficient (Wildman–Crippen LogP) is 2.19. The van der Waals surface area contributed by atoms with Crippen LogP contribution in [-0.4, -0.2) is 68.1 Å². The molecule has 1 aromatic carbocycles. The van der Waals surface area contributed by atoms with Crippen molar-refractivity contribution < 1.29 is 19.1 Å². The summed E-state index contributed by atoms with van der Waals surface area (Å²) in [5.41, 5.74) is 0. The van der Waals surface area contributed by atoms with Gasteiger partial charge in [-0.25, -0.2) is 0 Å². The van der Waals surface area contributed by atoms with Gasteiger partial charge in [0.2, 0.25) is 0 Å². The third-order valence-electron chi connectivity index (χ3n) is 4.07. The lowest BCUT2D eigenvalue weighted by Crippen LogP contribution is -2.38. The summed E-state index contributed by atoms with van der Waals surface area (Å²) in [6.45, 7) is 8.07. The van der Waals surface area contributed by atoms with Crippen LogP contribution in [0.2, 0.25) is 0 Å². The Kier molecular flexibility index (Phi) is 10.3. The number of hydrogen-bond donors (Lipinski definition) is 0. The van der Waals surface area contributed by atoms with Gasteiger partial charge in [-0.1, -0.05) is 32.0 Å². The molecule has 1 aromatic rings. The average Bonchev–Trinajstić information content (AvgIpc) is 2.66. The number of carbonyl (C=O) groups excluding carboxylic acids is 2. The van der Waals surface area contributed by atoms with Crippen LogP contribution in [0.4, 0.5) is 0 Å². The molecular weight excluding hydrogens is 320 g/mol. The minimum Gasteiger partial charge on any atom is -0.484 e. The number of hydrogen-bond acceptors (Lipinski definition) is 5. The van der Waals surface area contributed by atoms with Crippen LogP contribution >= 0.6 is 0 Å². The molecule has 0 aliphatic rings. The summed E-state index contributed by atoms with van der Waals surface area (Å²) in [4.78, 5) is 27.9. The zero-order chi connectivity index (χ0) is 18.5. The lowest BCUT2D eigenvalue weighted by Gasteiger charge is -2.24. The van der Waals surface area contributed by atoms with E-state index in [-0.39, 0.29) is 24.9 Å². The highest BCUT2D eigenvalue weighted by molar-refractivity contribution is 5.78. The van der Waals surface area contributed by atoms with E-state index in [1.165, 1.54) is 7.11 Å². The SMILES string of the molecule is CCN(CC)CCCN(CCC(=O)OC)C(=O)COc1ccccc1. The monoisotopic (exact) mass is 350 g/mol. The molecule has 1 amide bonds. The van der Waals surface area contributed by atoms with Gasteiger partial charge >= 0.3 is 5.97 Å². The average molecular weight is 350 g/mol. The summed E-state index contributed by atoms with van der Waals surface area (Å²) in [7, 11) is 1.35. The van der Waals surface area contributed by atoms with Gasteiger partial charge in [-0.15, -0.1) is 0 Å². The van der Waals surface area contributed by atoms with Crippen molar-refractivity contribution in [2.24, 2.45) is 0 Å². The Morgan fingerprint density at radius 3 is 2.28 bits per heavy atom. The van der Waals surface area contributed by atoms with Crippen molar-refractivity contribution in [3.8, 4) is 5.75 Å². The summed E-state index contributed by atoms with van der Waals surface area (Å²) < 4.78 is 10.2. The maximum absolute atomic E-state index is 12.5. The number of rotatable bonds is 12. The van der Waals surface area contributed by atoms with Gasteiger partial charge in [0, 0.05) is 13.1 Å². The Hall–Kier alpha value is -2.08. The van der Waals surface area contributed by atoms with Crippen LogP contribution in [0.5, 0.6) is 5.75 Å². The molecule has 0 heterocycles. The van der Waals surface area contributed by atoms with Gasteiger partial charge in [0.15, 0.2) is 6.61 Å².